The van der Waals surface area contributed by atoms with E-state index in [9.17, 15) is 5.26 Å². The number of nitrogens with zero attached hydrogens (tertiary/aromatic N) is 4. The van der Waals surface area contributed by atoms with Crippen molar-refractivity contribution in [2.24, 2.45) is 9.98 Å². The van der Waals surface area contributed by atoms with Crippen LogP contribution in [0.1, 0.15) is 51.7 Å². The van der Waals surface area contributed by atoms with Crippen LogP contribution in [-0.4, -0.2) is 16.4 Å². The lowest BCUT2D eigenvalue weighted by Gasteiger charge is -2.12. The Hall–Kier alpha value is -5.14. The van der Waals surface area contributed by atoms with E-state index >= 15 is 0 Å². The van der Waals surface area contributed by atoms with Crippen LogP contribution in [0, 0.1) is 25.2 Å². The Bertz CT molecular complexity index is 1740. The van der Waals surface area contributed by atoms with Crippen molar-refractivity contribution in [2.75, 3.05) is 0 Å². The molecule has 0 fully saturated rings. The number of rotatable bonds is 7. The Morgan fingerprint density at radius 1 is 0.650 bits per heavy atom. The second kappa shape index (κ2) is 12.1. The quantitative estimate of drug-likeness (QED) is 0.203. The third kappa shape index (κ3) is 5.95. The number of nitriles is 1. The first kappa shape index (κ1) is 26.5. The zero-order chi connectivity index (χ0) is 27.9. The van der Waals surface area contributed by atoms with Crippen LogP contribution in [0.4, 0.5) is 11.4 Å². The maximum Gasteiger partial charge on any atom is 0.0991 e. The summed E-state index contributed by atoms with van der Waals surface area (Å²) in [6, 6.07) is 40.4. The molecule has 0 saturated carbocycles. The molecule has 0 bridgehead atoms. The molecule has 0 aliphatic carbocycles. The van der Waals surface area contributed by atoms with Crippen molar-refractivity contribution in [1.82, 2.24) is 4.98 Å². The molecule has 0 aliphatic rings. The zero-order valence-electron chi connectivity index (χ0n) is 23.0. The Labute approximate surface area is 236 Å². The molecule has 0 N–H and O–H groups in total. The minimum Gasteiger partial charge on any atom is -0.246 e. The molecular weight excluding hydrogens is 488 g/mol. The smallest absolute Gasteiger partial charge is 0.0991 e. The van der Waals surface area contributed by atoms with Crippen molar-refractivity contribution in [3.63, 3.8) is 0 Å². The highest BCUT2D eigenvalue weighted by Gasteiger charge is 2.15. The van der Waals surface area contributed by atoms with Crippen molar-refractivity contribution in [3.05, 3.63) is 160 Å². The topological polar surface area (TPSA) is 61.4 Å². The van der Waals surface area contributed by atoms with Gasteiger partial charge in [0.2, 0.25) is 0 Å². The van der Waals surface area contributed by atoms with Gasteiger partial charge in [0, 0.05) is 11.1 Å². The van der Waals surface area contributed by atoms with E-state index in [-0.39, 0.29) is 0 Å². The molecular formula is C36H30N4. The first-order valence-corrected chi connectivity index (χ1v) is 13.4. The van der Waals surface area contributed by atoms with Gasteiger partial charge in [-0.3, -0.25) is 0 Å². The van der Waals surface area contributed by atoms with Crippen molar-refractivity contribution in [2.45, 2.75) is 27.2 Å². The first-order valence-electron chi connectivity index (χ1n) is 13.4. The number of pyridine rings is 1. The van der Waals surface area contributed by atoms with E-state index in [2.05, 4.69) is 50.2 Å². The standard InChI is InChI=1S/C36H30N4/c1-4-27-18-20-31(25(2)22-27)39-35(29-12-7-5-8-13-29)33-16-11-17-34(38-33)36(30-14-9-6-10-15-30)40-32-21-19-28(24-37)23-26(32)3/h5-23H,4H2,1-3H3. The van der Waals surface area contributed by atoms with Gasteiger partial charge >= 0.3 is 0 Å². The number of aromatic nitrogens is 1. The van der Waals surface area contributed by atoms with Gasteiger partial charge in [0.15, 0.2) is 0 Å². The number of hydrogen-bond acceptors (Lipinski definition) is 4. The molecule has 0 atom stereocenters. The summed E-state index contributed by atoms with van der Waals surface area (Å²) < 4.78 is 0. The average molecular weight is 519 g/mol. The van der Waals surface area contributed by atoms with Crippen LogP contribution in [0.25, 0.3) is 0 Å². The Morgan fingerprint density at radius 2 is 1.18 bits per heavy atom. The molecule has 4 nitrogen and oxygen atoms in total. The largest absolute Gasteiger partial charge is 0.246 e. The molecule has 1 aromatic heterocycles. The van der Waals surface area contributed by atoms with Crippen molar-refractivity contribution in [3.8, 4) is 6.07 Å². The van der Waals surface area contributed by atoms with Crippen molar-refractivity contribution in [1.29, 1.82) is 5.26 Å². The van der Waals surface area contributed by atoms with Crippen LogP contribution in [-0.2, 0) is 6.42 Å². The molecule has 40 heavy (non-hydrogen) atoms. The fraction of sp³-hybridized carbons (Fsp3) is 0.111. The summed E-state index contributed by atoms with van der Waals surface area (Å²) in [5.74, 6) is 0. The summed E-state index contributed by atoms with van der Waals surface area (Å²) in [5.41, 5.74) is 10.7. The fourth-order valence-corrected chi connectivity index (χ4v) is 4.58. The molecule has 4 heteroatoms. The molecule has 0 radical (unpaired) electrons. The number of hydrogen-bond donors (Lipinski definition) is 0. The molecule has 0 aliphatic heterocycles. The predicted octanol–water partition coefficient (Wildman–Crippen LogP) is 8.47. The van der Waals surface area contributed by atoms with Crippen LogP contribution in [0.5, 0.6) is 0 Å². The lowest BCUT2D eigenvalue weighted by molar-refractivity contribution is 1.13. The summed E-state index contributed by atoms with van der Waals surface area (Å²) in [5, 5.41) is 9.31. The Kier molecular flexibility index (Phi) is 8.04. The van der Waals surface area contributed by atoms with Crippen LogP contribution in [0.15, 0.2) is 125 Å². The molecule has 1 heterocycles. The van der Waals surface area contributed by atoms with Gasteiger partial charge in [-0.25, -0.2) is 15.0 Å². The Morgan fingerprint density at radius 3 is 1.65 bits per heavy atom. The number of aryl methyl sites for hydroxylation is 3. The van der Waals surface area contributed by atoms with E-state index in [4.69, 9.17) is 15.0 Å². The molecule has 5 aromatic rings. The van der Waals surface area contributed by atoms with Gasteiger partial charge < -0.3 is 0 Å². The monoisotopic (exact) mass is 518 g/mol. The lowest BCUT2D eigenvalue weighted by atomic mass is 10.0. The third-order valence-electron chi connectivity index (χ3n) is 6.79. The summed E-state index contributed by atoms with van der Waals surface area (Å²) in [6.45, 7) is 6.23. The maximum atomic E-state index is 9.31. The first-order chi connectivity index (χ1) is 19.6. The minimum absolute atomic E-state index is 0.615. The maximum absolute atomic E-state index is 9.31. The van der Waals surface area contributed by atoms with Crippen LogP contribution >= 0.6 is 0 Å². The average Bonchev–Trinajstić information content (AvgIpc) is 3.00. The summed E-state index contributed by atoms with van der Waals surface area (Å²) in [7, 11) is 0. The van der Waals surface area contributed by atoms with Crippen molar-refractivity contribution >= 4 is 22.8 Å². The summed E-state index contributed by atoms with van der Waals surface area (Å²) in [4.78, 5) is 15.3. The number of aliphatic imine (C=N–C) groups is 2. The van der Waals surface area contributed by atoms with E-state index < -0.39 is 0 Å². The van der Waals surface area contributed by atoms with Gasteiger partial charge in [-0.1, -0.05) is 85.8 Å². The Balaban J connectivity index is 1.67. The van der Waals surface area contributed by atoms with Crippen LogP contribution < -0.4 is 0 Å². The molecule has 194 valence electrons. The molecule has 5 rings (SSSR count). The van der Waals surface area contributed by atoms with E-state index in [0.29, 0.717) is 5.56 Å². The van der Waals surface area contributed by atoms with E-state index in [1.807, 2.05) is 85.8 Å². The highest BCUT2D eigenvalue weighted by molar-refractivity contribution is 6.16. The van der Waals surface area contributed by atoms with Gasteiger partial charge in [-0.05, 0) is 73.4 Å². The van der Waals surface area contributed by atoms with Crippen LogP contribution in [0.3, 0.4) is 0 Å². The lowest BCUT2D eigenvalue weighted by Crippen LogP contribution is -2.11. The molecule has 0 saturated heterocycles. The van der Waals surface area contributed by atoms with Gasteiger partial charge in [-0.15, -0.1) is 0 Å². The van der Waals surface area contributed by atoms with E-state index in [1.165, 1.54) is 5.56 Å². The van der Waals surface area contributed by atoms with Gasteiger partial charge in [0.05, 0.1) is 45.8 Å². The van der Waals surface area contributed by atoms with E-state index in [0.717, 1.165) is 62.9 Å². The van der Waals surface area contributed by atoms with E-state index in [1.54, 1.807) is 6.07 Å². The second-order valence-electron chi connectivity index (χ2n) is 9.65. The predicted molar refractivity (Wildman–Crippen MR) is 164 cm³/mol. The third-order valence-corrected chi connectivity index (χ3v) is 6.79. The number of benzene rings is 4. The van der Waals surface area contributed by atoms with Gasteiger partial charge in [0.1, 0.15) is 0 Å². The van der Waals surface area contributed by atoms with Crippen LogP contribution in [0.2, 0.25) is 0 Å². The SMILES string of the molecule is CCc1ccc(N=C(c2ccccc2)c2cccc(C(=Nc3ccc(C#N)cc3C)c3ccccc3)n2)c(C)c1. The van der Waals surface area contributed by atoms with Crippen molar-refractivity contribution < 1.29 is 0 Å². The van der Waals surface area contributed by atoms with Gasteiger partial charge in [0.25, 0.3) is 0 Å². The molecule has 0 unspecified atom stereocenters. The van der Waals surface area contributed by atoms with Gasteiger partial charge in [-0.2, -0.15) is 5.26 Å². The highest BCUT2D eigenvalue weighted by Crippen LogP contribution is 2.25. The molecule has 4 aromatic carbocycles. The summed E-state index contributed by atoms with van der Waals surface area (Å²) >= 11 is 0. The normalized spacial score (nSPS) is 11.8. The fourth-order valence-electron chi connectivity index (χ4n) is 4.58. The second-order valence-corrected chi connectivity index (χ2v) is 9.65. The minimum atomic E-state index is 0.615. The molecule has 0 amide bonds. The zero-order valence-corrected chi connectivity index (χ0v) is 23.0. The molecule has 0 spiro atoms. The highest BCUT2D eigenvalue weighted by atomic mass is 14.8. The summed E-state index contributed by atoms with van der Waals surface area (Å²) in [6.07, 6.45) is 0.986.